The van der Waals surface area contributed by atoms with Crippen LogP contribution < -0.4 is 5.32 Å². The molecular weight excluding hydrogens is 228 g/mol. The van der Waals surface area contributed by atoms with Crippen molar-refractivity contribution in [2.24, 2.45) is 5.92 Å². The minimum atomic E-state index is -0.146. The van der Waals surface area contributed by atoms with Gasteiger partial charge in [-0.2, -0.15) is 0 Å². The molecule has 0 aromatic carbocycles. The molecule has 2 unspecified atom stereocenters. The van der Waals surface area contributed by atoms with Gasteiger partial charge in [-0.25, -0.2) is 0 Å². The average molecular weight is 251 g/mol. The van der Waals surface area contributed by atoms with Crippen LogP contribution in [-0.4, -0.2) is 50.2 Å². The number of rotatable bonds is 4. The molecule has 1 aliphatic rings. The number of nitrogens with one attached hydrogen (secondary N) is 1. The summed E-state index contributed by atoms with van der Waals surface area (Å²) in [5.74, 6) is 0.707. The van der Waals surface area contributed by atoms with Crippen molar-refractivity contribution in [2.45, 2.75) is 26.3 Å². The highest BCUT2D eigenvalue weighted by molar-refractivity contribution is 5.85. The highest BCUT2D eigenvalue weighted by atomic mass is 35.5. The molecule has 1 aliphatic heterocycles. The smallest absolute Gasteiger partial charge is 0.241 e. The van der Waals surface area contributed by atoms with E-state index >= 15 is 0 Å². The number of likely N-dealkylation sites (N-methyl/N-ethyl adjacent to an activating group) is 1. The maximum absolute atomic E-state index is 11.9. The number of amides is 1. The molecule has 0 spiro atoms. The van der Waals surface area contributed by atoms with Crippen molar-refractivity contribution in [3.05, 3.63) is 0 Å². The van der Waals surface area contributed by atoms with Crippen molar-refractivity contribution >= 4 is 18.3 Å². The van der Waals surface area contributed by atoms with E-state index in [9.17, 15) is 4.79 Å². The predicted octanol–water partition coefficient (Wildman–Crippen LogP) is 0.901. The molecule has 1 fully saturated rings. The maximum Gasteiger partial charge on any atom is 0.241 e. The molecular formula is C11H23ClN2O2. The molecule has 4 nitrogen and oxygen atoms in total. The van der Waals surface area contributed by atoms with E-state index in [0.717, 1.165) is 19.5 Å². The highest BCUT2D eigenvalue weighted by Crippen LogP contribution is 2.05. The fourth-order valence-electron chi connectivity index (χ4n) is 1.68. The molecule has 0 bridgehead atoms. The van der Waals surface area contributed by atoms with Crippen molar-refractivity contribution in [3.63, 3.8) is 0 Å². The second-order valence-electron chi connectivity index (χ2n) is 4.31. The SMILES string of the molecule is CCC(C)CN(C)C(=O)C1COCCN1.Cl. The van der Waals surface area contributed by atoms with Crippen molar-refractivity contribution < 1.29 is 9.53 Å². The van der Waals surface area contributed by atoms with Gasteiger partial charge in [0.05, 0.1) is 13.2 Å². The fourth-order valence-corrected chi connectivity index (χ4v) is 1.68. The molecule has 2 atom stereocenters. The van der Waals surface area contributed by atoms with Crippen LogP contribution >= 0.6 is 12.4 Å². The quantitative estimate of drug-likeness (QED) is 0.806. The lowest BCUT2D eigenvalue weighted by molar-refractivity contribution is -0.135. The Morgan fingerprint density at radius 3 is 2.81 bits per heavy atom. The number of hydrogen-bond donors (Lipinski definition) is 1. The van der Waals surface area contributed by atoms with Gasteiger partial charge in [0.15, 0.2) is 0 Å². The first-order chi connectivity index (χ1) is 7.15. The Morgan fingerprint density at radius 1 is 1.62 bits per heavy atom. The van der Waals surface area contributed by atoms with Gasteiger partial charge in [-0.1, -0.05) is 20.3 Å². The van der Waals surface area contributed by atoms with E-state index in [-0.39, 0.29) is 24.4 Å². The molecule has 0 aromatic heterocycles. The predicted molar refractivity (Wildman–Crippen MR) is 66.9 cm³/mol. The molecule has 5 heteroatoms. The van der Waals surface area contributed by atoms with Crippen LogP contribution in [0.3, 0.4) is 0 Å². The minimum Gasteiger partial charge on any atom is -0.378 e. The summed E-state index contributed by atoms with van der Waals surface area (Å²) >= 11 is 0. The molecule has 0 saturated carbocycles. The average Bonchev–Trinajstić information content (AvgIpc) is 2.29. The first kappa shape index (κ1) is 15.7. The lowest BCUT2D eigenvalue weighted by atomic mass is 10.1. The van der Waals surface area contributed by atoms with Crippen molar-refractivity contribution in [3.8, 4) is 0 Å². The summed E-state index contributed by atoms with van der Waals surface area (Å²) in [6.07, 6.45) is 1.10. The second-order valence-corrected chi connectivity index (χ2v) is 4.31. The molecule has 16 heavy (non-hydrogen) atoms. The van der Waals surface area contributed by atoms with Crippen LogP contribution in [0.5, 0.6) is 0 Å². The Morgan fingerprint density at radius 2 is 2.31 bits per heavy atom. The molecule has 1 heterocycles. The normalized spacial score (nSPS) is 22.1. The first-order valence-corrected chi connectivity index (χ1v) is 5.71. The van der Waals surface area contributed by atoms with Crippen LogP contribution in [0.1, 0.15) is 20.3 Å². The van der Waals surface area contributed by atoms with Gasteiger partial charge in [0.25, 0.3) is 0 Å². The maximum atomic E-state index is 11.9. The zero-order chi connectivity index (χ0) is 11.3. The summed E-state index contributed by atoms with van der Waals surface area (Å²) in [5.41, 5.74) is 0. The third kappa shape index (κ3) is 4.68. The van der Waals surface area contributed by atoms with Crippen molar-refractivity contribution in [1.82, 2.24) is 10.2 Å². The number of hydrogen-bond acceptors (Lipinski definition) is 3. The van der Waals surface area contributed by atoms with E-state index in [1.807, 2.05) is 7.05 Å². The van der Waals surface area contributed by atoms with Crippen LogP contribution in [0.4, 0.5) is 0 Å². The molecule has 1 saturated heterocycles. The third-order valence-corrected chi connectivity index (χ3v) is 2.88. The second kappa shape index (κ2) is 7.87. The Balaban J connectivity index is 0.00000225. The first-order valence-electron chi connectivity index (χ1n) is 5.71. The molecule has 0 aromatic rings. The van der Waals surface area contributed by atoms with Gasteiger partial charge in [0.2, 0.25) is 5.91 Å². The summed E-state index contributed by atoms with van der Waals surface area (Å²) < 4.78 is 5.27. The topological polar surface area (TPSA) is 41.6 Å². The van der Waals surface area contributed by atoms with Gasteiger partial charge < -0.3 is 15.0 Å². The van der Waals surface area contributed by atoms with Crippen LogP contribution in [0.25, 0.3) is 0 Å². The molecule has 1 amide bonds. The summed E-state index contributed by atoms with van der Waals surface area (Å²) in [6.45, 7) is 7.11. The number of nitrogens with zero attached hydrogens (tertiary/aromatic N) is 1. The minimum absolute atomic E-state index is 0. The fraction of sp³-hybridized carbons (Fsp3) is 0.909. The summed E-state index contributed by atoms with van der Waals surface area (Å²) in [7, 11) is 1.87. The lowest BCUT2D eigenvalue weighted by Gasteiger charge is -2.28. The molecule has 0 radical (unpaired) electrons. The Labute approximate surface area is 104 Å². The summed E-state index contributed by atoms with van der Waals surface area (Å²) in [4.78, 5) is 13.7. The summed E-state index contributed by atoms with van der Waals surface area (Å²) in [5, 5.41) is 3.17. The van der Waals surface area contributed by atoms with Gasteiger partial charge in [-0.05, 0) is 5.92 Å². The number of ether oxygens (including phenoxy) is 1. The number of morpholine rings is 1. The van der Waals surface area contributed by atoms with Gasteiger partial charge in [-0.3, -0.25) is 4.79 Å². The zero-order valence-corrected chi connectivity index (χ0v) is 11.2. The van der Waals surface area contributed by atoms with E-state index in [4.69, 9.17) is 4.74 Å². The number of carbonyl (C=O) groups excluding carboxylic acids is 1. The Kier molecular flexibility index (Phi) is 7.72. The van der Waals surface area contributed by atoms with Crippen molar-refractivity contribution in [2.75, 3.05) is 33.4 Å². The van der Waals surface area contributed by atoms with E-state index in [1.54, 1.807) is 4.90 Å². The molecule has 1 rings (SSSR count). The summed E-state index contributed by atoms with van der Waals surface area (Å²) in [6, 6.07) is -0.146. The van der Waals surface area contributed by atoms with E-state index in [2.05, 4.69) is 19.2 Å². The lowest BCUT2D eigenvalue weighted by Crippen LogP contribution is -2.52. The van der Waals surface area contributed by atoms with E-state index in [0.29, 0.717) is 19.1 Å². The largest absolute Gasteiger partial charge is 0.378 e. The molecule has 0 aliphatic carbocycles. The zero-order valence-electron chi connectivity index (χ0n) is 10.4. The number of halogens is 1. The van der Waals surface area contributed by atoms with E-state index < -0.39 is 0 Å². The Bertz CT molecular complexity index is 208. The highest BCUT2D eigenvalue weighted by Gasteiger charge is 2.24. The Hall–Kier alpha value is -0.320. The van der Waals surface area contributed by atoms with Crippen LogP contribution in [0.15, 0.2) is 0 Å². The number of carbonyl (C=O) groups is 1. The van der Waals surface area contributed by atoms with Gasteiger partial charge in [-0.15, -0.1) is 12.4 Å². The van der Waals surface area contributed by atoms with Gasteiger partial charge in [0, 0.05) is 20.1 Å². The third-order valence-electron chi connectivity index (χ3n) is 2.88. The van der Waals surface area contributed by atoms with Crippen LogP contribution in [0.2, 0.25) is 0 Å². The molecule has 1 N–H and O–H groups in total. The van der Waals surface area contributed by atoms with E-state index in [1.165, 1.54) is 0 Å². The molecule has 96 valence electrons. The van der Waals surface area contributed by atoms with Crippen molar-refractivity contribution in [1.29, 1.82) is 0 Å². The van der Waals surface area contributed by atoms with Crippen LogP contribution in [0, 0.1) is 5.92 Å². The standard InChI is InChI=1S/C11H22N2O2.ClH/c1-4-9(2)7-13(3)11(14)10-8-15-6-5-12-10;/h9-10,12H,4-8H2,1-3H3;1H. The van der Waals surface area contributed by atoms with Gasteiger partial charge >= 0.3 is 0 Å². The van der Waals surface area contributed by atoms with Gasteiger partial charge in [0.1, 0.15) is 6.04 Å². The van der Waals surface area contributed by atoms with Crippen LogP contribution in [-0.2, 0) is 9.53 Å². The monoisotopic (exact) mass is 250 g/mol.